The second-order valence-electron chi connectivity index (χ2n) is 8.03. The highest BCUT2D eigenvalue weighted by molar-refractivity contribution is 5.96. The molecule has 0 bridgehead atoms. The van der Waals surface area contributed by atoms with Crippen LogP contribution in [0.5, 0.6) is 5.75 Å². The molecule has 0 N–H and O–H groups in total. The number of rotatable bonds is 2. The van der Waals surface area contributed by atoms with Crippen molar-refractivity contribution >= 4 is 11.0 Å². The Kier molecular flexibility index (Phi) is 3.70. The summed E-state index contributed by atoms with van der Waals surface area (Å²) in [6.07, 6.45) is 1.77. The minimum atomic E-state index is -0.225. The van der Waals surface area contributed by atoms with Gasteiger partial charge in [0.25, 0.3) is 0 Å². The third kappa shape index (κ3) is 2.35. The standard InChI is InChI=1S/C25H24O3/c1-15-9-10-20-17(13-15)23-22(28-20)11-12-25(3,19-14-16(2)27-24(19)23)18-7-5-6-8-21(18)26-4/h5-10,13-14H,11-12H2,1-4H3. The molecule has 0 radical (unpaired) electrons. The summed E-state index contributed by atoms with van der Waals surface area (Å²) in [6, 6.07) is 16.8. The molecule has 0 aliphatic heterocycles. The van der Waals surface area contributed by atoms with E-state index in [1.165, 1.54) is 16.7 Å². The molecular formula is C25H24O3. The first-order valence-electron chi connectivity index (χ1n) is 9.78. The molecule has 2 aromatic heterocycles. The van der Waals surface area contributed by atoms with Gasteiger partial charge >= 0.3 is 0 Å². The Morgan fingerprint density at radius 2 is 1.79 bits per heavy atom. The van der Waals surface area contributed by atoms with Gasteiger partial charge in [0.15, 0.2) is 0 Å². The average molecular weight is 372 g/mol. The van der Waals surface area contributed by atoms with Crippen molar-refractivity contribution in [3.63, 3.8) is 0 Å². The van der Waals surface area contributed by atoms with E-state index in [-0.39, 0.29) is 5.41 Å². The fourth-order valence-electron chi connectivity index (χ4n) is 4.68. The minimum Gasteiger partial charge on any atom is -0.496 e. The summed E-state index contributed by atoms with van der Waals surface area (Å²) < 4.78 is 18.3. The van der Waals surface area contributed by atoms with E-state index in [2.05, 4.69) is 50.2 Å². The summed E-state index contributed by atoms with van der Waals surface area (Å²) in [5, 5.41) is 1.13. The van der Waals surface area contributed by atoms with Crippen LogP contribution in [-0.2, 0) is 11.8 Å². The van der Waals surface area contributed by atoms with Crippen molar-refractivity contribution in [2.24, 2.45) is 0 Å². The summed E-state index contributed by atoms with van der Waals surface area (Å²) in [5.41, 5.74) is 5.43. The second-order valence-corrected chi connectivity index (χ2v) is 8.03. The molecule has 4 aromatic rings. The van der Waals surface area contributed by atoms with E-state index in [1.807, 2.05) is 19.1 Å². The molecule has 5 rings (SSSR count). The summed E-state index contributed by atoms with van der Waals surface area (Å²) in [6.45, 7) is 6.42. The molecule has 1 aliphatic rings. The molecule has 142 valence electrons. The second kappa shape index (κ2) is 6.03. The first-order valence-corrected chi connectivity index (χ1v) is 9.78. The fraction of sp³-hybridized carbons (Fsp3) is 0.280. The minimum absolute atomic E-state index is 0.225. The highest BCUT2D eigenvalue weighted by atomic mass is 16.5. The van der Waals surface area contributed by atoms with E-state index < -0.39 is 0 Å². The lowest BCUT2D eigenvalue weighted by atomic mass is 9.73. The molecule has 2 heterocycles. The molecule has 1 aliphatic carbocycles. The van der Waals surface area contributed by atoms with Crippen molar-refractivity contribution in [2.75, 3.05) is 7.11 Å². The van der Waals surface area contributed by atoms with E-state index >= 15 is 0 Å². The van der Waals surface area contributed by atoms with Crippen LogP contribution in [0, 0.1) is 13.8 Å². The molecule has 0 fully saturated rings. The first-order chi connectivity index (χ1) is 13.5. The topological polar surface area (TPSA) is 35.5 Å². The van der Waals surface area contributed by atoms with Crippen LogP contribution in [0.2, 0.25) is 0 Å². The van der Waals surface area contributed by atoms with E-state index in [0.29, 0.717) is 0 Å². The lowest BCUT2D eigenvalue weighted by Gasteiger charge is -2.30. The summed E-state index contributed by atoms with van der Waals surface area (Å²) in [4.78, 5) is 0. The van der Waals surface area contributed by atoms with Crippen molar-refractivity contribution in [3.05, 3.63) is 76.7 Å². The van der Waals surface area contributed by atoms with Crippen LogP contribution in [0.4, 0.5) is 0 Å². The van der Waals surface area contributed by atoms with Gasteiger partial charge in [-0.2, -0.15) is 0 Å². The molecule has 1 unspecified atom stereocenters. The van der Waals surface area contributed by atoms with E-state index in [1.54, 1.807) is 7.11 Å². The molecule has 3 nitrogen and oxygen atoms in total. The number of fused-ring (bicyclic) bond motifs is 5. The molecular weight excluding hydrogens is 348 g/mol. The molecule has 1 atom stereocenters. The Morgan fingerprint density at radius 3 is 2.61 bits per heavy atom. The smallest absolute Gasteiger partial charge is 0.142 e. The van der Waals surface area contributed by atoms with Gasteiger partial charge in [-0.15, -0.1) is 0 Å². The highest BCUT2D eigenvalue weighted by Crippen LogP contribution is 2.51. The molecule has 0 amide bonds. The van der Waals surface area contributed by atoms with Gasteiger partial charge in [-0.05, 0) is 44.5 Å². The quantitative estimate of drug-likeness (QED) is 0.399. The summed E-state index contributed by atoms with van der Waals surface area (Å²) in [5.74, 6) is 3.77. The van der Waals surface area contributed by atoms with E-state index in [9.17, 15) is 0 Å². The van der Waals surface area contributed by atoms with Crippen molar-refractivity contribution in [2.45, 2.75) is 39.0 Å². The Bertz CT molecular complexity index is 1190. The van der Waals surface area contributed by atoms with Crippen molar-refractivity contribution in [3.8, 4) is 17.1 Å². The van der Waals surface area contributed by atoms with Gasteiger partial charge in [-0.3, -0.25) is 0 Å². The maximum absolute atomic E-state index is 6.31. The third-order valence-electron chi connectivity index (χ3n) is 6.15. The molecule has 0 spiro atoms. The van der Waals surface area contributed by atoms with Crippen molar-refractivity contribution in [1.29, 1.82) is 0 Å². The highest BCUT2D eigenvalue weighted by Gasteiger charge is 2.40. The van der Waals surface area contributed by atoms with Crippen molar-refractivity contribution < 1.29 is 13.6 Å². The number of benzene rings is 2. The van der Waals surface area contributed by atoms with Crippen LogP contribution < -0.4 is 4.74 Å². The average Bonchev–Trinajstić information content (AvgIpc) is 3.23. The normalized spacial score (nSPS) is 18.6. The van der Waals surface area contributed by atoms with Crippen LogP contribution in [0.15, 0.2) is 57.4 Å². The fourth-order valence-corrected chi connectivity index (χ4v) is 4.68. The maximum Gasteiger partial charge on any atom is 0.142 e. The van der Waals surface area contributed by atoms with Gasteiger partial charge in [0.1, 0.15) is 28.6 Å². The van der Waals surface area contributed by atoms with E-state index in [0.717, 1.165) is 52.4 Å². The zero-order valence-electron chi connectivity index (χ0n) is 16.8. The predicted molar refractivity (Wildman–Crippen MR) is 111 cm³/mol. The number of furan rings is 2. The number of methoxy groups -OCH3 is 1. The van der Waals surface area contributed by atoms with Crippen LogP contribution in [0.25, 0.3) is 22.3 Å². The zero-order chi connectivity index (χ0) is 19.5. The molecule has 3 heteroatoms. The molecule has 28 heavy (non-hydrogen) atoms. The lowest BCUT2D eigenvalue weighted by molar-refractivity contribution is 0.390. The molecule has 0 saturated heterocycles. The van der Waals surface area contributed by atoms with Gasteiger partial charge in [0.05, 0.1) is 12.7 Å². The first kappa shape index (κ1) is 17.2. The Morgan fingerprint density at radius 1 is 0.964 bits per heavy atom. The number of ether oxygens (including phenoxy) is 1. The zero-order valence-corrected chi connectivity index (χ0v) is 16.8. The predicted octanol–water partition coefficient (Wildman–Crippen LogP) is 6.57. The summed E-state index contributed by atoms with van der Waals surface area (Å²) >= 11 is 0. The van der Waals surface area contributed by atoms with Crippen molar-refractivity contribution in [1.82, 2.24) is 0 Å². The number of para-hydroxylation sites is 1. The van der Waals surface area contributed by atoms with Crippen LogP contribution in [-0.4, -0.2) is 7.11 Å². The Hall–Kier alpha value is -2.94. The summed E-state index contributed by atoms with van der Waals surface area (Å²) in [7, 11) is 1.74. The lowest BCUT2D eigenvalue weighted by Crippen LogP contribution is -2.24. The SMILES string of the molecule is COc1ccccc1C1(C)CCc2oc3ccc(C)cc3c2-c2oc(C)cc21. The van der Waals surface area contributed by atoms with Gasteiger partial charge in [0.2, 0.25) is 0 Å². The molecule has 0 saturated carbocycles. The van der Waals surface area contributed by atoms with Crippen LogP contribution >= 0.6 is 0 Å². The van der Waals surface area contributed by atoms with Gasteiger partial charge < -0.3 is 13.6 Å². The van der Waals surface area contributed by atoms with Gasteiger partial charge in [0, 0.05) is 28.3 Å². The Labute approximate surface area is 164 Å². The van der Waals surface area contributed by atoms with E-state index in [4.69, 9.17) is 13.6 Å². The van der Waals surface area contributed by atoms with Crippen LogP contribution in [0.1, 0.15) is 41.6 Å². The molecule has 2 aromatic carbocycles. The maximum atomic E-state index is 6.31. The monoisotopic (exact) mass is 372 g/mol. The van der Waals surface area contributed by atoms with Gasteiger partial charge in [-0.1, -0.05) is 36.8 Å². The Balaban J connectivity index is 1.82. The number of aryl methyl sites for hydroxylation is 3. The number of hydrogen-bond acceptors (Lipinski definition) is 3. The largest absolute Gasteiger partial charge is 0.496 e. The van der Waals surface area contributed by atoms with Gasteiger partial charge in [-0.25, -0.2) is 0 Å². The number of hydrogen-bond donors (Lipinski definition) is 0. The third-order valence-corrected chi connectivity index (χ3v) is 6.15. The van der Waals surface area contributed by atoms with Crippen LogP contribution in [0.3, 0.4) is 0 Å².